The van der Waals surface area contributed by atoms with Crippen LogP contribution in [0.2, 0.25) is 0 Å². The number of likely N-dealkylation sites (tertiary alicyclic amines) is 1. The molecule has 1 fully saturated rings. The minimum absolute atomic E-state index is 0.0420. The number of carbonyl (C=O) groups is 3. The van der Waals surface area contributed by atoms with Crippen LogP contribution in [-0.4, -0.2) is 58.3 Å². The van der Waals surface area contributed by atoms with Crippen LogP contribution in [0.25, 0.3) is 0 Å². The fraction of sp³-hybridized carbons (Fsp3) is 0.636. The minimum atomic E-state index is -0.977. The molecule has 0 radical (unpaired) electrons. The third-order valence-corrected chi connectivity index (χ3v) is 5.88. The van der Waals surface area contributed by atoms with Gasteiger partial charge in [-0.15, -0.1) is 0 Å². The first kappa shape index (κ1) is 22.8. The number of rotatable bonds is 1. The van der Waals surface area contributed by atoms with Gasteiger partial charge in [0.05, 0.1) is 11.7 Å². The number of alkyl carbamates (subject to hydrolysis) is 1. The molecular formula is C22H32N4O5. The monoisotopic (exact) mass is 432 g/mol. The van der Waals surface area contributed by atoms with E-state index < -0.39 is 23.2 Å². The summed E-state index contributed by atoms with van der Waals surface area (Å²) in [6, 6.07) is 3.41. The molecule has 2 aliphatic rings. The third kappa shape index (κ3) is 5.45. The molecule has 170 valence electrons. The Morgan fingerprint density at radius 1 is 1.32 bits per heavy atom. The number of amides is 3. The Balaban J connectivity index is 1.91. The molecule has 1 saturated heterocycles. The van der Waals surface area contributed by atoms with Gasteiger partial charge in [0.1, 0.15) is 5.60 Å². The van der Waals surface area contributed by atoms with Crippen molar-refractivity contribution >= 4 is 18.1 Å². The van der Waals surface area contributed by atoms with Gasteiger partial charge in [-0.3, -0.25) is 9.78 Å². The number of hydrogen-bond acceptors (Lipinski definition) is 5. The van der Waals surface area contributed by atoms with Crippen LogP contribution in [0.5, 0.6) is 0 Å². The molecule has 2 atom stereocenters. The van der Waals surface area contributed by atoms with E-state index in [1.54, 1.807) is 27.0 Å². The molecule has 0 aliphatic carbocycles. The van der Waals surface area contributed by atoms with E-state index in [-0.39, 0.29) is 17.9 Å². The number of pyridine rings is 1. The van der Waals surface area contributed by atoms with Crippen LogP contribution < -0.4 is 10.6 Å². The van der Waals surface area contributed by atoms with Gasteiger partial charge in [0.15, 0.2) is 0 Å². The maximum Gasteiger partial charge on any atom is 0.408 e. The predicted octanol–water partition coefficient (Wildman–Crippen LogP) is 2.82. The van der Waals surface area contributed by atoms with Crippen molar-refractivity contribution in [1.82, 2.24) is 20.5 Å². The van der Waals surface area contributed by atoms with E-state index >= 15 is 0 Å². The van der Waals surface area contributed by atoms with Gasteiger partial charge in [-0.05, 0) is 51.3 Å². The zero-order valence-corrected chi connectivity index (χ0v) is 18.6. The van der Waals surface area contributed by atoms with Crippen molar-refractivity contribution in [2.45, 2.75) is 64.0 Å². The molecule has 1 aromatic rings. The molecule has 3 heterocycles. The molecule has 1 spiro atoms. The summed E-state index contributed by atoms with van der Waals surface area (Å²) in [5.41, 5.74) is 0.477. The van der Waals surface area contributed by atoms with Gasteiger partial charge < -0.3 is 25.4 Å². The molecule has 3 N–H and O–H groups in total. The highest BCUT2D eigenvalue weighted by Crippen LogP contribution is 2.36. The van der Waals surface area contributed by atoms with Gasteiger partial charge in [-0.1, -0.05) is 13.3 Å². The maximum atomic E-state index is 12.6. The van der Waals surface area contributed by atoms with E-state index in [1.807, 2.05) is 19.1 Å². The van der Waals surface area contributed by atoms with Crippen LogP contribution in [0.3, 0.4) is 0 Å². The second-order valence-corrected chi connectivity index (χ2v) is 9.64. The quantitative estimate of drug-likeness (QED) is 0.627. The lowest BCUT2D eigenvalue weighted by Gasteiger charge is -2.49. The normalized spacial score (nSPS) is 23.6. The number of carbonyl (C=O) groups excluding carboxylic acids is 2. The second kappa shape index (κ2) is 8.72. The zero-order valence-electron chi connectivity index (χ0n) is 18.6. The number of nitrogens with one attached hydrogen (secondary N) is 2. The molecule has 9 nitrogen and oxygen atoms in total. The van der Waals surface area contributed by atoms with Gasteiger partial charge in [0.2, 0.25) is 5.91 Å². The lowest BCUT2D eigenvalue weighted by Crippen LogP contribution is -2.65. The fourth-order valence-electron chi connectivity index (χ4n) is 4.12. The molecule has 1 aromatic heterocycles. The first-order chi connectivity index (χ1) is 14.5. The Kier molecular flexibility index (Phi) is 6.43. The molecule has 2 aliphatic heterocycles. The highest BCUT2D eigenvalue weighted by atomic mass is 16.6. The largest absolute Gasteiger partial charge is 0.465 e. The smallest absolute Gasteiger partial charge is 0.408 e. The lowest BCUT2D eigenvalue weighted by atomic mass is 9.73. The van der Waals surface area contributed by atoms with Crippen molar-refractivity contribution in [3.63, 3.8) is 0 Å². The Hall–Kier alpha value is -2.84. The van der Waals surface area contributed by atoms with Crippen molar-refractivity contribution in [3.8, 4) is 0 Å². The van der Waals surface area contributed by atoms with Gasteiger partial charge in [-0.25, -0.2) is 9.59 Å². The van der Waals surface area contributed by atoms with Crippen LogP contribution in [0.1, 0.15) is 64.3 Å². The Morgan fingerprint density at radius 2 is 2.03 bits per heavy atom. The van der Waals surface area contributed by atoms with E-state index in [0.29, 0.717) is 38.2 Å². The number of fused-ring (bicyclic) bond motifs is 3. The molecule has 3 amide bonds. The summed E-state index contributed by atoms with van der Waals surface area (Å²) in [7, 11) is 0. The molecule has 2 bridgehead atoms. The van der Waals surface area contributed by atoms with Crippen LogP contribution in [0.15, 0.2) is 18.3 Å². The van der Waals surface area contributed by atoms with Crippen LogP contribution in [0, 0.1) is 5.92 Å². The molecule has 0 aromatic carbocycles. The van der Waals surface area contributed by atoms with Crippen LogP contribution in [-0.2, 0) is 14.9 Å². The van der Waals surface area contributed by atoms with E-state index in [2.05, 4.69) is 15.6 Å². The maximum absolute atomic E-state index is 12.6. The highest BCUT2D eigenvalue weighted by Gasteiger charge is 2.47. The summed E-state index contributed by atoms with van der Waals surface area (Å²) < 4.78 is 5.42. The molecular weight excluding hydrogens is 400 g/mol. The van der Waals surface area contributed by atoms with Crippen molar-refractivity contribution in [2.75, 3.05) is 19.6 Å². The summed E-state index contributed by atoms with van der Waals surface area (Å²) in [4.78, 5) is 42.2. The summed E-state index contributed by atoms with van der Waals surface area (Å²) in [5, 5.41) is 15.3. The minimum Gasteiger partial charge on any atom is -0.465 e. The van der Waals surface area contributed by atoms with E-state index in [4.69, 9.17) is 4.74 Å². The molecule has 9 heteroatoms. The average Bonchev–Trinajstić information content (AvgIpc) is 2.63. The van der Waals surface area contributed by atoms with Crippen LogP contribution >= 0.6 is 0 Å². The zero-order chi connectivity index (χ0) is 22.8. The van der Waals surface area contributed by atoms with E-state index in [9.17, 15) is 19.5 Å². The number of ether oxygens (including phenoxy) is 1. The molecule has 31 heavy (non-hydrogen) atoms. The Morgan fingerprint density at radius 3 is 2.68 bits per heavy atom. The van der Waals surface area contributed by atoms with E-state index in [0.717, 1.165) is 12.0 Å². The summed E-state index contributed by atoms with van der Waals surface area (Å²) >= 11 is 0. The molecule has 0 saturated carbocycles. The average molecular weight is 433 g/mol. The molecule has 3 rings (SSSR count). The number of carboxylic acid groups (broad SMARTS) is 1. The Bertz CT molecular complexity index is 845. The van der Waals surface area contributed by atoms with Crippen molar-refractivity contribution in [1.29, 1.82) is 0 Å². The second-order valence-electron chi connectivity index (χ2n) is 9.64. The third-order valence-electron chi connectivity index (χ3n) is 5.88. The highest BCUT2D eigenvalue weighted by molar-refractivity contribution is 5.78. The van der Waals surface area contributed by atoms with E-state index in [1.165, 1.54) is 4.90 Å². The standard InChI is InChI=1S/C22H32N4O5/c1-14-6-5-7-16(25-19(28)31-21(2,3)4)17-10-15(8-9-23-17)22(11-24-18(14)27)12-26(13-22)20(29)30/h8-10,14,16H,5-7,11-13H2,1-4H3,(H,24,27)(H,25,28)(H,29,30)/t14-,16+/m1/s1. The van der Waals surface area contributed by atoms with Gasteiger partial charge in [-0.2, -0.15) is 0 Å². The first-order valence-corrected chi connectivity index (χ1v) is 10.7. The van der Waals surface area contributed by atoms with Crippen LogP contribution in [0.4, 0.5) is 9.59 Å². The topological polar surface area (TPSA) is 121 Å². The predicted molar refractivity (Wildman–Crippen MR) is 114 cm³/mol. The summed E-state index contributed by atoms with van der Waals surface area (Å²) in [6.45, 7) is 8.25. The molecule has 0 unspecified atom stereocenters. The van der Waals surface area contributed by atoms with Gasteiger partial charge in [0.25, 0.3) is 0 Å². The van der Waals surface area contributed by atoms with Gasteiger partial charge >= 0.3 is 12.2 Å². The van der Waals surface area contributed by atoms with Gasteiger partial charge in [0, 0.05) is 37.2 Å². The summed E-state index contributed by atoms with van der Waals surface area (Å²) in [6.07, 6.45) is 2.20. The van der Waals surface area contributed by atoms with Crippen molar-refractivity contribution in [3.05, 3.63) is 29.6 Å². The van der Waals surface area contributed by atoms with Crippen molar-refractivity contribution < 1.29 is 24.2 Å². The number of hydrogen-bond donors (Lipinski definition) is 3. The fourth-order valence-corrected chi connectivity index (χ4v) is 4.12. The summed E-state index contributed by atoms with van der Waals surface area (Å²) in [5.74, 6) is -0.222. The SMILES string of the molecule is C[C@@H]1CCC[C@H](NC(=O)OC(C)(C)C)c2cc(ccn2)C2(CNC1=O)CN(C(=O)O)C2. The number of nitrogens with zero attached hydrogens (tertiary/aromatic N) is 2. The van der Waals surface area contributed by atoms with Crippen molar-refractivity contribution in [2.24, 2.45) is 5.92 Å². The first-order valence-electron chi connectivity index (χ1n) is 10.7. The Labute approximate surface area is 182 Å². The number of aromatic nitrogens is 1. The lowest BCUT2D eigenvalue weighted by molar-refractivity contribution is -0.125.